The lowest BCUT2D eigenvalue weighted by Crippen LogP contribution is -2.44. The molecule has 7 heteroatoms. The van der Waals surface area contributed by atoms with Crippen LogP contribution in [0.25, 0.3) is 0 Å². The number of nitrogens with one attached hydrogen (secondary N) is 1. The fraction of sp³-hybridized carbons (Fsp3) is 0.429. The van der Waals surface area contributed by atoms with Crippen molar-refractivity contribution in [3.8, 4) is 11.6 Å². The Labute approximate surface area is 165 Å². The molecule has 1 fully saturated rings. The van der Waals surface area contributed by atoms with Gasteiger partial charge in [-0.15, -0.1) is 0 Å². The minimum atomic E-state index is -0.641. The van der Waals surface area contributed by atoms with E-state index in [2.05, 4.69) is 10.3 Å². The summed E-state index contributed by atoms with van der Waals surface area (Å²) in [5.41, 5.74) is 0.947. The molecule has 1 saturated heterocycles. The number of hydrogen-bond donors (Lipinski definition) is 1. The Balaban J connectivity index is 1.74. The summed E-state index contributed by atoms with van der Waals surface area (Å²) in [6.07, 6.45) is 2.84. The number of benzene rings is 1. The van der Waals surface area contributed by atoms with E-state index in [4.69, 9.17) is 18.9 Å². The van der Waals surface area contributed by atoms with Gasteiger partial charge in [0.1, 0.15) is 12.4 Å². The summed E-state index contributed by atoms with van der Waals surface area (Å²) in [7, 11) is 3.24. The lowest BCUT2D eigenvalue weighted by atomic mass is 9.73. The van der Waals surface area contributed by atoms with E-state index >= 15 is 0 Å². The molecule has 1 aliphatic heterocycles. The van der Waals surface area contributed by atoms with Crippen molar-refractivity contribution in [2.45, 2.75) is 18.3 Å². The van der Waals surface area contributed by atoms with Crippen molar-refractivity contribution in [1.29, 1.82) is 0 Å². The van der Waals surface area contributed by atoms with Crippen LogP contribution in [0.5, 0.6) is 11.6 Å². The van der Waals surface area contributed by atoms with Crippen LogP contribution in [0.15, 0.2) is 42.6 Å². The fourth-order valence-electron chi connectivity index (χ4n) is 3.30. The predicted molar refractivity (Wildman–Crippen MR) is 105 cm³/mol. The van der Waals surface area contributed by atoms with Crippen LogP contribution >= 0.6 is 0 Å². The SMILES string of the molecule is COCCOc1ccc(NC(=O)C2(c3ccc(OC)cc3)CCOCC2)cn1. The van der Waals surface area contributed by atoms with Gasteiger partial charge in [-0.1, -0.05) is 12.1 Å². The van der Waals surface area contributed by atoms with Crippen molar-refractivity contribution in [1.82, 2.24) is 4.98 Å². The number of carbonyl (C=O) groups excluding carboxylic acids is 1. The summed E-state index contributed by atoms with van der Waals surface area (Å²) >= 11 is 0. The second-order valence-corrected chi connectivity index (χ2v) is 6.60. The first-order valence-corrected chi connectivity index (χ1v) is 9.29. The van der Waals surface area contributed by atoms with Gasteiger partial charge in [-0.25, -0.2) is 4.98 Å². The van der Waals surface area contributed by atoms with Crippen molar-refractivity contribution in [3.63, 3.8) is 0 Å². The van der Waals surface area contributed by atoms with Gasteiger partial charge in [-0.3, -0.25) is 4.79 Å². The van der Waals surface area contributed by atoms with Gasteiger partial charge in [0.15, 0.2) is 0 Å². The molecule has 0 atom stereocenters. The molecule has 1 aliphatic rings. The Kier molecular flexibility index (Phi) is 6.84. The number of nitrogens with zero attached hydrogens (tertiary/aromatic N) is 1. The third kappa shape index (κ3) is 4.61. The molecule has 1 amide bonds. The highest BCUT2D eigenvalue weighted by Crippen LogP contribution is 2.37. The van der Waals surface area contributed by atoms with Gasteiger partial charge in [0.05, 0.1) is 31.0 Å². The van der Waals surface area contributed by atoms with E-state index in [1.165, 1.54) is 0 Å². The molecule has 0 radical (unpaired) electrons. The zero-order valence-electron chi connectivity index (χ0n) is 16.3. The van der Waals surface area contributed by atoms with E-state index in [1.54, 1.807) is 32.5 Å². The van der Waals surface area contributed by atoms with Gasteiger partial charge in [0, 0.05) is 26.4 Å². The summed E-state index contributed by atoms with van der Waals surface area (Å²) in [4.78, 5) is 17.5. The second kappa shape index (κ2) is 9.52. The second-order valence-electron chi connectivity index (χ2n) is 6.60. The van der Waals surface area contributed by atoms with Crippen LogP contribution in [0.1, 0.15) is 18.4 Å². The number of ether oxygens (including phenoxy) is 4. The van der Waals surface area contributed by atoms with Crippen LogP contribution < -0.4 is 14.8 Å². The quantitative estimate of drug-likeness (QED) is 0.703. The first-order chi connectivity index (χ1) is 13.7. The van der Waals surface area contributed by atoms with Gasteiger partial charge >= 0.3 is 0 Å². The Morgan fingerprint density at radius 3 is 2.46 bits per heavy atom. The van der Waals surface area contributed by atoms with Crippen molar-refractivity contribution in [2.75, 3.05) is 46.0 Å². The van der Waals surface area contributed by atoms with E-state index < -0.39 is 5.41 Å². The summed E-state index contributed by atoms with van der Waals surface area (Å²) in [6, 6.07) is 11.2. The Hall–Kier alpha value is -2.64. The van der Waals surface area contributed by atoms with Crippen molar-refractivity contribution in [3.05, 3.63) is 48.2 Å². The van der Waals surface area contributed by atoms with Crippen LogP contribution in [0.4, 0.5) is 5.69 Å². The zero-order chi connectivity index (χ0) is 19.8. The van der Waals surface area contributed by atoms with Crippen LogP contribution in [-0.4, -0.2) is 51.5 Å². The van der Waals surface area contributed by atoms with Crippen LogP contribution in [0.3, 0.4) is 0 Å². The maximum absolute atomic E-state index is 13.3. The molecule has 1 aromatic carbocycles. The summed E-state index contributed by atoms with van der Waals surface area (Å²) < 4.78 is 21.2. The van der Waals surface area contributed by atoms with Crippen molar-refractivity contribution in [2.24, 2.45) is 0 Å². The standard InChI is InChI=1S/C21H26N2O5/c1-25-13-14-28-19-8-5-17(15-22-19)23-20(24)21(9-11-27-12-10-21)16-3-6-18(26-2)7-4-16/h3-8,15H,9-14H2,1-2H3,(H,23,24). The Bertz CT molecular complexity index is 755. The van der Waals surface area contributed by atoms with Gasteiger partial charge in [0.2, 0.25) is 11.8 Å². The Morgan fingerprint density at radius 2 is 1.86 bits per heavy atom. The lowest BCUT2D eigenvalue weighted by molar-refractivity contribution is -0.125. The number of carbonyl (C=O) groups is 1. The molecule has 28 heavy (non-hydrogen) atoms. The average molecular weight is 386 g/mol. The average Bonchev–Trinajstić information content (AvgIpc) is 2.75. The minimum Gasteiger partial charge on any atom is -0.497 e. The predicted octanol–water partition coefficient (Wildman–Crippen LogP) is 2.80. The molecule has 7 nitrogen and oxygen atoms in total. The van der Waals surface area contributed by atoms with Crippen molar-refractivity contribution < 1.29 is 23.7 Å². The van der Waals surface area contributed by atoms with Gasteiger partial charge in [0.25, 0.3) is 0 Å². The number of aromatic nitrogens is 1. The van der Waals surface area contributed by atoms with Gasteiger partial charge in [-0.05, 0) is 36.6 Å². The van der Waals surface area contributed by atoms with E-state index in [-0.39, 0.29) is 5.91 Å². The molecule has 0 bridgehead atoms. The molecule has 1 N–H and O–H groups in total. The normalized spacial score (nSPS) is 15.6. The van der Waals surface area contributed by atoms with Crippen LogP contribution in [0.2, 0.25) is 0 Å². The minimum absolute atomic E-state index is 0.0594. The highest BCUT2D eigenvalue weighted by molar-refractivity contribution is 5.99. The molecular formula is C21H26N2O5. The molecule has 1 aromatic heterocycles. The topological polar surface area (TPSA) is 78.9 Å². The Morgan fingerprint density at radius 1 is 1.11 bits per heavy atom. The first-order valence-electron chi connectivity index (χ1n) is 9.29. The summed E-state index contributed by atoms with van der Waals surface area (Å²) in [5, 5.41) is 3.01. The van der Waals surface area contributed by atoms with Crippen molar-refractivity contribution >= 4 is 11.6 Å². The van der Waals surface area contributed by atoms with Gasteiger partial charge < -0.3 is 24.3 Å². The number of methoxy groups -OCH3 is 2. The lowest BCUT2D eigenvalue weighted by Gasteiger charge is -2.36. The molecular weight excluding hydrogens is 360 g/mol. The number of hydrogen-bond acceptors (Lipinski definition) is 6. The van der Waals surface area contributed by atoms with E-state index in [9.17, 15) is 4.79 Å². The monoisotopic (exact) mass is 386 g/mol. The molecule has 0 spiro atoms. The summed E-state index contributed by atoms with van der Waals surface area (Å²) in [5.74, 6) is 1.20. The molecule has 3 rings (SSSR count). The van der Waals surface area contributed by atoms with Gasteiger partial charge in [-0.2, -0.15) is 0 Å². The number of amides is 1. The highest BCUT2D eigenvalue weighted by atomic mass is 16.5. The maximum atomic E-state index is 13.3. The number of rotatable bonds is 8. The van der Waals surface area contributed by atoms with Crippen LogP contribution in [0, 0.1) is 0 Å². The smallest absolute Gasteiger partial charge is 0.235 e. The molecule has 0 aliphatic carbocycles. The van der Waals surface area contributed by atoms with E-state index in [0.717, 1.165) is 11.3 Å². The number of anilines is 1. The fourth-order valence-corrected chi connectivity index (χ4v) is 3.30. The van der Waals surface area contributed by atoms with Crippen LogP contribution in [-0.2, 0) is 19.7 Å². The largest absolute Gasteiger partial charge is 0.497 e. The maximum Gasteiger partial charge on any atom is 0.235 e. The molecule has 2 aromatic rings. The molecule has 0 unspecified atom stereocenters. The number of pyridine rings is 1. The third-order valence-electron chi connectivity index (χ3n) is 4.96. The first kappa shape index (κ1) is 20.1. The molecule has 0 saturated carbocycles. The summed E-state index contributed by atoms with van der Waals surface area (Å²) in [6.45, 7) is 2.01. The van der Waals surface area contributed by atoms with E-state index in [1.807, 2.05) is 24.3 Å². The third-order valence-corrected chi connectivity index (χ3v) is 4.96. The van der Waals surface area contributed by atoms with E-state index in [0.29, 0.717) is 50.8 Å². The molecule has 150 valence electrons. The highest BCUT2D eigenvalue weighted by Gasteiger charge is 2.41. The molecule has 2 heterocycles. The zero-order valence-corrected chi connectivity index (χ0v) is 16.3.